The molecule has 0 radical (unpaired) electrons. The zero-order valence-electron chi connectivity index (χ0n) is 13.3. The van der Waals surface area contributed by atoms with Gasteiger partial charge in [-0.25, -0.2) is 4.39 Å². The molecule has 0 saturated carbocycles. The second-order valence-corrected chi connectivity index (χ2v) is 5.96. The van der Waals surface area contributed by atoms with Crippen LogP contribution in [0.3, 0.4) is 0 Å². The van der Waals surface area contributed by atoms with E-state index in [2.05, 4.69) is 5.32 Å². The summed E-state index contributed by atoms with van der Waals surface area (Å²) in [5.74, 6) is -1.47. The van der Waals surface area contributed by atoms with E-state index in [0.29, 0.717) is 15.7 Å². The third kappa shape index (κ3) is 5.62. The first-order valence-corrected chi connectivity index (χ1v) is 7.98. The molecule has 2 aromatic carbocycles. The largest absolute Gasteiger partial charge is 0.481 e. The van der Waals surface area contributed by atoms with E-state index in [4.69, 9.17) is 27.9 Å². The van der Waals surface area contributed by atoms with E-state index < -0.39 is 17.6 Å². The van der Waals surface area contributed by atoms with Crippen LogP contribution in [0, 0.1) is 5.82 Å². The molecular formula is C17H15Cl2FN2O3. The Kier molecular flexibility index (Phi) is 6.61. The minimum atomic E-state index is -0.560. The van der Waals surface area contributed by atoms with Crippen molar-refractivity contribution in [2.45, 2.75) is 0 Å². The highest BCUT2D eigenvalue weighted by atomic mass is 35.5. The fourth-order valence-corrected chi connectivity index (χ4v) is 2.19. The average Bonchev–Trinajstić information content (AvgIpc) is 2.57. The van der Waals surface area contributed by atoms with Crippen molar-refractivity contribution < 1.29 is 18.7 Å². The minimum Gasteiger partial charge on any atom is -0.481 e. The van der Waals surface area contributed by atoms with Crippen molar-refractivity contribution >= 4 is 40.7 Å². The van der Waals surface area contributed by atoms with E-state index in [1.165, 1.54) is 36.2 Å². The van der Waals surface area contributed by atoms with Gasteiger partial charge in [0.1, 0.15) is 0 Å². The second kappa shape index (κ2) is 8.69. The number of halogens is 3. The van der Waals surface area contributed by atoms with Crippen LogP contribution >= 0.6 is 23.2 Å². The number of benzene rings is 2. The molecule has 1 N–H and O–H groups in total. The fourth-order valence-electron chi connectivity index (χ4n) is 1.89. The van der Waals surface area contributed by atoms with Crippen LogP contribution in [0.5, 0.6) is 5.75 Å². The smallest absolute Gasteiger partial charge is 0.260 e. The average molecular weight is 385 g/mol. The molecule has 0 spiro atoms. The highest BCUT2D eigenvalue weighted by molar-refractivity contribution is 6.42. The number of carbonyl (C=O) groups is 2. The predicted octanol–water partition coefficient (Wildman–Crippen LogP) is 3.61. The monoisotopic (exact) mass is 384 g/mol. The van der Waals surface area contributed by atoms with Gasteiger partial charge in [0.05, 0.1) is 16.6 Å². The van der Waals surface area contributed by atoms with Crippen molar-refractivity contribution in [2.75, 3.05) is 25.5 Å². The van der Waals surface area contributed by atoms with Gasteiger partial charge in [-0.05, 0) is 30.3 Å². The fraction of sp³-hybridized carbons (Fsp3) is 0.176. The van der Waals surface area contributed by atoms with Crippen molar-refractivity contribution in [3.05, 3.63) is 58.3 Å². The molecule has 2 aromatic rings. The Bertz CT molecular complexity index is 786. The lowest BCUT2D eigenvalue weighted by molar-refractivity contribution is -0.135. The van der Waals surface area contributed by atoms with Crippen LogP contribution in [0.4, 0.5) is 10.1 Å². The zero-order chi connectivity index (χ0) is 18.4. The highest BCUT2D eigenvalue weighted by Gasteiger charge is 2.15. The van der Waals surface area contributed by atoms with Crippen molar-refractivity contribution in [3.63, 3.8) is 0 Å². The van der Waals surface area contributed by atoms with E-state index in [1.807, 2.05) is 0 Å². The maximum absolute atomic E-state index is 13.4. The molecule has 0 aliphatic heterocycles. The van der Waals surface area contributed by atoms with Crippen LogP contribution in [0.2, 0.25) is 10.0 Å². The molecule has 0 heterocycles. The Morgan fingerprint density at radius 1 is 1.16 bits per heavy atom. The van der Waals surface area contributed by atoms with Crippen LogP contribution < -0.4 is 10.1 Å². The number of nitrogens with zero attached hydrogens (tertiary/aromatic N) is 1. The summed E-state index contributed by atoms with van der Waals surface area (Å²) in [4.78, 5) is 25.1. The first-order chi connectivity index (χ1) is 11.9. The molecule has 5 nitrogen and oxygen atoms in total. The summed E-state index contributed by atoms with van der Waals surface area (Å²) in [7, 11) is 1.45. The molecule has 0 aliphatic carbocycles. The lowest BCUT2D eigenvalue weighted by atomic mass is 10.3. The molecule has 0 bridgehead atoms. The van der Waals surface area contributed by atoms with Gasteiger partial charge in [-0.3, -0.25) is 9.59 Å². The van der Waals surface area contributed by atoms with E-state index in [1.54, 1.807) is 18.2 Å². The maximum Gasteiger partial charge on any atom is 0.260 e. The van der Waals surface area contributed by atoms with Gasteiger partial charge in [-0.1, -0.05) is 35.3 Å². The molecule has 0 aliphatic rings. The lowest BCUT2D eigenvalue weighted by Crippen LogP contribution is -2.37. The van der Waals surface area contributed by atoms with Gasteiger partial charge < -0.3 is 15.0 Å². The van der Waals surface area contributed by atoms with E-state index in [0.717, 1.165) is 0 Å². The highest BCUT2D eigenvalue weighted by Crippen LogP contribution is 2.24. The number of nitrogens with one attached hydrogen (secondary N) is 1. The third-order valence-electron chi connectivity index (χ3n) is 3.20. The lowest BCUT2D eigenvalue weighted by Gasteiger charge is -2.17. The Morgan fingerprint density at radius 3 is 2.56 bits per heavy atom. The van der Waals surface area contributed by atoms with Crippen LogP contribution in [0.1, 0.15) is 0 Å². The second-order valence-electron chi connectivity index (χ2n) is 5.15. The van der Waals surface area contributed by atoms with Crippen LogP contribution in [0.25, 0.3) is 0 Å². The number of rotatable bonds is 6. The zero-order valence-corrected chi connectivity index (χ0v) is 14.8. The molecule has 2 rings (SSSR count). The van der Waals surface area contributed by atoms with Crippen molar-refractivity contribution in [2.24, 2.45) is 0 Å². The molecule has 0 unspecified atom stereocenters. The topological polar surface area (TPSA) is 58.6 Å². The minimum absolute atomic E-state index is 0.0236. The summed E-state index contributed by atoms with van der Waals surface area (Å²) in [6.07, 6.45) is 0. The Morgan fingerprint density at radius 2 is 1.88 bits per heavy atom. The molecule has 0 aromatic heterocycles. The molecule has 0 fully saturated rings. The van der Waals surface area contributed by atoms with Crippen LogP contribution in [-0.2, 0) is 9.59 Å². The van der Waals surface area contributed by atoms with Gasteiger partial charge in [0.25, 0.3) is 5.91 Å². The molecule has 0 saturated heterocycles. The number of likely N-dealkylation sites (N-methyl/N-ethyl adjacent to an activating group) is 1. The van der Waals surface area contributed by atoms with Crippen LogP contribution in [0.15, 0.2) is 42.5 Å². The number of hydrogen-bond donors (Lipinski definition) is 1. The molecule has 8 heteroatoms. The number of ether oxygens (including phenoxy) is 1. The summed E-state index contributed by atoms with van der Waals surface area (Å²) in [5.41, 5.74) is 0.461. The van der Waals surface area contributed by atoms with Gasteiger partial charge in [-0.15, -0.1) is 0 Å². The third-order valence-corrected chi connectivity index (χ3v) is 3.94. The number of para-hydroxylation sites is 1. The van der Waals surface area contributed by atoms with E-state index in [9.17, 15) is 14.0 Å². The summed E-state index contributed by atoms with van der Waals surface area (Å²) < 4.78 is 18.5. The van der Waals surface area contributed by atoms with Crippen molar-refractivity contribution in [1.82, 2.24) is 4.90 Å². The standard InChI is InChI=1S/C17H15Cl2FN2O3/c1-22(17(24)10-25-15-5-3-2-4-14(15)20)9-16(23)21-11-6-7-12(18)13(19)8-11/h2-8H,9-10H2,1H3,(H,21,23). The quantitative estimate of drug-likeness (QED) is 0.827. The summed E-state index contributed by atoms with van der Waals surface area (Å²) in [5, 5.41) is 3.28. The molecule has 132 valence electrons. The Hall–Kier alpha value is -2.31. The van der Waals surface area contributed by atoms with Gasteiger partial charge >= 0.3 is 0 Å². The molecule has 25 heavy (non-hydrogen) atoms. The molecule has 0 atom stereocenters. The number of anilines is 1. The predicted molar refractivity (Wildman–Crippen MR) is 94.6 cm³/mol. The first-order valence-electron chi connectivity index (χ1n) is 7.23. The number of amides is 2. The molecular weight excluding hydrogens is 370 g/mol. The van der Waals surface area contributed by atoms with E-state index >= 15 is 0 Å². The SMILES string of the molecule is CN(CC(=O)Nc1ccc(Cl)c(Cl)c1)C(=O)COc1ccccc1F. The first kappa shape index (κ1) is 19.0. The molecule has 2 amide bonds. The maximum atomic E-state index is 13.4. The van der Waals surface area contributed by atoms with Gasteiger partial charge in [0, 0.05) is 12.7 Å². The number of carbonyl (C=O) groups excluding carboxylic acids is 2. The Labute approximate surface area is 154 Å². The Balaban J connectivity index is 1.84. The normalized spacial score (nSPS) is 10.2. The summed E-state index contributed by atoms with van der Waals surface area (Å²) >= 11 is 11.7. The van der Waals surface area contributed by atoms with E-state index in [-0.39, 0.29) is 18.9 Å². The van der Waals surface area contributed by atoms with Gasteiger partial charge in [-0.2, -0.15) is 0 Å². The number of hydrogen-bond acceptors (Lipinski definition) is 3. The van der Waals surface area contributed by atoms with Crippen LogP contribution in [-0.4, -0.2) is 36.9 Å². The summed E-state index contributed by atoms with van der Waals surface area (Å²) in [6.45, 7) is -0.572. The van der Waals surface area contributed by atoms with Gasteiger partial charge in [0.2, 0.25) is 5.91 Å². The van der Waals surface area contributed by atoms with Crippen molar-refractivity contribution in [3.8, 4) is 5.75 Å². The van der Waals surface area contributed by atoms with Gasteiger partial charge in [0.15, 0.2) is 18.2 Å². The summed E-state index contributed by atoms with van der Waals surface area (Å²) in [6, 6.07) is 10.4. The van der Waals surface area contributed by atoms with Crippen molar-refractivity contribution in [1.29, 1.82) is 0 Å².